The summed E-state index contributed by atoms with van der Waals surface area (Å²) in [5.41, 5.74) is 1.37. The maximum atomic E-state index is 11.9. The summed E-state index contributed by atoms with van der Waals surface area (Å²) in [5, 5.41) is 31.8. The minimum Gasteiger partial charge on any atom is -0.477 e. The summed E-state index contributed by atoms with van der Waals surface area (Å²) in [5.74, 6) is 2.52. The lowest BCUT2D eigenvalue weighted by molar-refractivity contribution is -0.203. The smallest absolute Gasteiger partial charge is 0.354 e. The predicted octanol–water partition coefficient (Wildman–Crippen LogP) is 5.76. The van der Waals surface area contributed by atoms with Crippen molar-refractivity contribution in [3.05, 3.63) is 23.8 Å². The molecule has 4 aliphatic rings. The van der Waals surface area contributed by atoms with Crippen molar-refractivity contribution < 1.29 is 20.1 Å². The van der Waals surface area contributed by atoms with Gasteiger partial charge in [0.2, 0.25) is 0 Å². The van der Waals surface area contributed by atoms with E-state index in [-0.39, 0.29) is 28.7 Å². The van der Waals surface area contributed by atoms with E-state index < -0.39 is 5.97 Å². The lowest BCUT2D eigenvalue weighted by atomic mass is 9.41. The van der Waals surface area contributed by atoms with Crippen LogP contribution in [0.1, 0.15) is 108 Å². The Kier molecular flexibility index (Phi) is 7.47. The number of aryl methyl sites for hydroxylation is 1. The van der Waals surface area contributed by atoms with Crippen molar-refractivity contribution in [2.75, 3.05) is 0 Å². The van der Waals surface area contributed by atoms with Crippen LogP contribution in [-0.2, 0) is 6.42 Å². The van der Waals surface area contributed by atoms with E-state index in [4.69, 9.17) is 0 Å². The number of aromatic carboxylic acids is 1. The monoisotopic (exact) mass is 512 g/mol. The molecule has 4 unspecified atom stereocenters. The Morgan fingerprint density at radius 3 is 2.54 bits per heavy atom. The van der Waals surface area contributed by atoms with Gasteiger partial charge in [0.05, 0.1) is 12.2 Å². The molecule has 5 rings (SSSR count). The minimum absolute atomic E-state index is 0.132. The fraction of sp³-hybridized carbons (Fsp3) is 0.839. The van der Waals surface area contributed by atoms with Crippen LogP contribution < -0.4 is 0 Å². The summed E-state index contributed by atoms with van der Waals surface area (Å²) in [6.07, 6.45) is 14.1. The molecule has 0 radical (unpaired) electrons. The highest BCUT2D eigenvalue weighted by atomic mass is 16.4. The molecule has 3 N–H and O–H groups in total. The van der Waals surface area contributed by atoms with Gasteiger partial charge in [-0.3, -0.25) is 0 Å². The zero-order chi connectivity index (χ0) is 26.5. The van der Waals surface area contributed by atoms with Gasteiger partial charge in [0.25, 0.3) is 0 Å². The highest BCUT2D eigenvalue weighted by Crippen LogP contribution is 2.69. The van der Waals surface area contributed by atoms with Crippen molar-refractivity contribution in [1.29, 1.82) is 0 Å². The fourth-order valence-electron chi connectivity index (χ4n) is 10.5. The zero-order valence-corrected chi connectivity index (χ0v) is 23.3. The largest absolute Gasteiger partial charge is 0.477 e. The average molecular weight is 513 g/mol. The second-order valence-corrected chi connectivity index (χ2v) is 13.7. The van der Waals surface area contributed by atoms with Gasteiger partial charge in [0, 0.05) is 11.8 Å². The molecule has 37 heavy (non-hydrogen) atoms. The van der Waals surface area contributed by atoms with Crippen LogP contribution >= 0.6 is 0 Å². The van der Waals surface area contributed by atoms with Gasteiger partial charge in [-0.25, -0.2) is 14.8 Å². The molecule has 1 aromatic heterocycles. The quantitative estimate of drug-likeness (QED) is 0.429. The minimum atomic E-state index is -0.979. The van der Waals surface area contributed by atoms with E-state index in [9.17, 15) is 20.1 Å². The van der Waals surface area contributed by atoms with Gasteiger partial charge < -0.3 is 15.3 Å². The number of carbonyl (C=O) groups is 1. The first-order chi connectivity index (χ1) is 17.6. The van der Waals surface area contributed by atoms with E-state index in [2.05, 4.69) is 37.7 Å². The highest BCUT2D eigenvalue weighted by molar-refractivity contribution is 5.86. The van der Waals surface area contributed by atoms with Crippen LogP contribution in [-0.4, -0.2) is 43.5 Å². The molecule has 0 saturated heterocycles. The number of carboxylic acids is 1. The van der Waals surface area contributed by atoms with E-state index >= 15 is 0 Å². The van der Waals surface area contributed by atoms with E-state index in [1.807, 2.05) is 0 Å². The first kappa shape index (κ1) is 27.1. The molecule has 6 nitrogen and oxygen atoms in total. The Hall–Kier alpha value is -1.53. The van der Waals surface area contributed by atoms with Gasteiger partial charge in [-0.15, -0.1) is 0 Å². The van der Waals surface area contributed by atoms with E-state index in [1.165, 1.54) is 32.0 Å². The number of aromatic nitrogens is 2. The van der Waals surface area contributed by atoms with Crippen LogP contribution in [0.15, 0.2) is 12.5 Å². The van der Waals surface area contributed by atoms with Crippen molar-refractivity contribution >= 4 is 5.97 Å². The van der Waals surface area contributed by atoms with Gasteiger partial charge in [0.1, 0.15) is 6.33 Å². The van der Waals surface area contributed by atoms with Crippen LogP contribution in [0.4, 0.5) is 0 Å². The standard InChI is InChI=1S/C31H48N2O4/c1-5-21-25-15-20(34)11-13-31(25,4)24-12-14-30(3)22(9-10-23(30)26(24)28(21)35)18(2)7-6-8-19-16-32-17-33-27(19)29(36)37/h16-18,20-26,28,34-35H,5-15H2,1-4H3,(H,36,37)/t18-,20-,21-,22-,23?,24?,25+,26?,28?,30-,31-/m1/s1. The number of hydrogen-bond donors (Lipinski definition) is 3. The number of aliphatic hydroxyl groups is 2. The maximum absolute atomic E-state index is 11.9. The Morgan fingerprint density at radius 1 is 1.08 bits per heavy atom. The Bertz CT molecular complexity index is 986. The van der Waals surface area contributed by atoms with Crippen LogP contribution in [0.25, 0.3) is 0 Å². The second kappa shape index (κ2) is 10.2. The van der Waals surface area contributed by atoms with Crippen molar-refractivity contribution in [3.8, 4) is 0 Å². The summed E-state index contributed by atoms with van der Waals surface area (Å²) in [6.45, 7) is 9.68. The van der Waals surface area contributed by atoms with E-state index in [1.54, 1.807) is 6.20 Å². The van der Waals surface area contributed by atoms with Gasteiger partial charge in [-0.05, 0) is 110 Å². The Balaban J connectivity index is 1.30. The molecule has 4 aliphatic carbocycles. The predicted molar refractivity (Wildman–Crippen MR) is 143 cm³/mol. The highest BCUT2D eigenvalue weighted by Gasteiger charge is 2.64. The van der Waals surface area contributed by atoms with Crippen LogP contribution in [0, 0.1) is 52.3 Å². The third kappa shape index (κ3) is 4.44. The molecule has 1 heterocycles. The molecule has 0 amide bonds. The lowest BCUT2D eigenvalue weighted by Crippen LogP contribution is -2.62. The molecule has 206 valence electrons. The van der Waals surface area contributed by atoms with E-state index in [0.29, 0.717) is 47.8 Å². The number of fused-ring (bicyclic) bond motifs is 5. The SMILES string of the molecule is CC[C@H]1C(O)C2C3CC[C@H]([C@H](C)CCCc4cncnc4C(=O)O)[C@@]3(C)CCC2[C@@]2(C)CC[C@@H](O)C[C@@H]12. The molecule has 0 bridgehead atoms. The summed E-state index contributed by atoms with van der Waals surface area (Å²) in [7, 11) is 0. The fourth-order valence-corrected chi connectivity index (χ4v) is 10.5. The van der Waals surface area contributed by atoms with Crippen molar-refractivity contribution in [2.24, 2.45) is 52.3 Å². The molecule has 1 aromatic rings. The molecule has 6 heteroatoms. The molecule has 0 spiro atoms. The first-order valence-electron chi connectivity index (χ1n) is 15.0. The maximum Gasteiger partial charge on any atom is 0.354 e. The topological polar surface area (TPSA) is 104 Å². The van der Waals surface area contributed by atoms with Crippen molar-refractivity contribution in [1.82, 2.24) is 9.97 Å². The summed E-state index contributed by atoms with van der Waals surface area (Å²) >= 11 is 0. The van der Waals surface area contributed by atoms with Crippen LogP contribution in [0.2, 0.25) is 0 Å². The molecule has 0 aromatic carbocycles. The Labute approximate surface area is 222 Å². The third-order valence-electron chi connectivity index (χ3n) is 12.2. The van der Waals surface area contributed by atoms with E-state index in [0.717, 1.165) is 44.1 Å². The summed E-state index contributed by atoms with van der Waals surface area (Å²) < 4.78 is 0. The van der Waals surface area contributed by atoms with Gasteiger partial charge in [0.15, 0.2) is 5.69 Å². The van der Waals surface area contributed by atoms with Crippen LogP contribution in [0.5, 0.6) is 0 Å². The average Bonchev–Trinajstić information content (AvgIpc) is 3.22. The normalized spacial score (nSPS) is 43.9. The number of carboxylic acid groups (broad SMARTS) is 1. The van der Waals surface area contributed by atoms with Crippen molar-refractivity contribution in [3.63, 3.8) is 0 Å². The summed E-state index contributed by atoms with van der Waals surface area (Å²) in [4.78, 5) is 19.5. The molecular weight excluding hydrogens is 464 g/mol. The summed E-state index contributed by atoms with van der Waals surface area (Å²) in [6, 6.07) is 0. The lowest BCUT2D eigenvalue weighted by Gasteiger charge is -2.64. The first-order valence-corrected chi connectivity index (χ1v) is 15.0. The zero-order valence-electron chi connectivity index (χ0n) is 23.3. The van der Waals surface area contributed by atoms with Crippen molar-refractivity contribution in [2.45, 2.75) is 111 Å². The second-order valence-electron chi connectivity index (χ2n) is 13.7. The molecular formula is C31H48N2O4. The molecule has 4 fully saturated rings. The third-order valence-corrected chi connectivity index (χ3v) is 12.2. The van der Waals surface area contributed by atoms with Crippen LogP contribution in [0.3, 0.4) is 0 Å². The van der Waals surface area contributed by atoms with Gasteiger partial charge >= 0.3 is 5.97 Å². The Morgan fingerprint density at radius 2 is 1.81 bits per heavy atom. The molecule has 4 saturated carbocycles. The number of hydrogen-bond acceptors (Lipinski definition) is 5. The number of rotatable bonds is 7. The van der Waals surface area contributed by atoms with Gasteiger partial charge in [-0.1, -0.05) is 40.5 Å². The number of aliphatic hydroxyl groups excluding tert-OH is 2. The van der Waals surface area contributed by atoms with Gasteiger partial charge in [-0.2, -0.15) is 0 Å². The number of nitrogens with zero attached hydrogens (tertiary/aromatic N) is 2. The molecule has 11 atom stereocenters. The molecule has 0 aliphatic heterocycles.